The van der Waals surface area contributed by atoms with Crippen LogP contribution in [0.25, 0.3) is 0 Å². The lowest BCUT2D eigenvalue weighted by Gasteiger charge is -2.35. The molecule has 1 aliphatic heterocycles. The molecule has 1 fully saturated rings. The predicted molar refractivity (Wildman–Crippen MR) is 71.4 cm³/mol. The molecule has 98 valence electrons. The van der Waals surface area contributed by atoms with Gasteiger partial charge in [0.25, 0.3) is 0 Å². The molecule has 0 saturated carbocycles. The Bertz CT molecular complexity index is 386. The van der Waals surface area contributed by atoms with Gasteiger partial charge in [-0.25, -0.2) is 0 Å². The fourth-order valence-corrected chi connectivity index (χ4v) is 2.48. The number of carbonyl (C=O) groups is 1. The van der Waals surface area contributed by atoms with Gasteiger partial charge in [-0.2, -0.15) is 0 Å². The second kappa shape index (κ2) is 5.87. The van der Waals surface area contributed by atoms with Gasteiger partial charge in [-0.1, -0.05) is 18.2 Å². The van der Waals surface area contributed by atoms with Gasteiger partial charge < -0.3 is 15.4 Å². The summed E-state index contributed by atoms with van der Waals surface area (Å²) in [5.41, 5.74) is 7.13. The predicted octanol–water partition coefficient (Wildman–Crippen LogP) is 1.40. The zero-order chi connectivity index (χ0) is 13.0. The number of nitrogens with zero attached hydrogens (tertiary/aromatic N) is 1. The lowest BCUT2D eigenvalue weighted by Crippen LogP contribution is -2.45. The molecule has 4 nitrogen and oxygen atoms in total. The lowest BCUT2D eigenvalue weighted by molar-refractivity contribution is -0.143. The first-order valence-electron chi connectivity index (χ1n) is 6.36. The summed E-state index contributed by atoms with van der Waals surface area (Å²) in [5, 5.41) is 0. The van der Waals surface area contributed by atoms with E-state index in [1.54, 1.807) is 0 Å². The number of carbonyl (C=O) groups excluding carboxylic acids is 1. The number of esters is 1. The smallest absolute Gasteiger partial charge is 0.322 e. The number of piperidine rings is 1. The molecule has 0 aromatic heterocycles. The van der Waals surface area contributed by atoms with Crippen molar-refractivity contribution >= 4 is 11.7 Å². The van der Waals surface area contributed by atoms with Gasteiger partial charge in [-0.05, 0) is 30.9 Å². The molecule has 1 saturated heterocycles. The van der Waals surface area contributed by atoms with Crippen LogP contribution < -0.4 is 10.6 Å². The van der Waals surface area contributed by atoms with Crippen LogP contribution in [0.1, 0.15) is 12.8 Å². The molecule has 1 aromatic rings. The highest BCUT2D eigenvalue weighted by Gasteiger charge is 2.29. The summed E-state index contributed by atoms with van der Waals surface area (Å²) < 4.78 is 4.70. The number of hydrogen-bond acceptors (Lipinski definition) is 4. The Kier molecular flexibility index (Phi) is 4.20. The van der Waals surface area contributed by atoms with E-state index in [1.165, 1.54) is 12.8 Å². The van der Waals surface area contributed by atoms with Crippen LogP contribution in [0, 0.1) is 5.92 Å². The third kappa shape index (κ3) is 2.82. The number of rotatable bonds is 3. The van der Waals surface area contributed by atoms with E-state index in [0.29, 0.717) is 0 Å². The summed E-state index contributed by atoms with van der Waals surface area (Å²) in [7, 11) is 1.39. The second-order valence-electron chi connectivity index (χ2n) is 4.71. The molecule has 0 bridgehead atoms. The average Bonchev–Trinajstić information content (AvgIpc) is 2.47. The fourth-order valence-electron chi connectivity index (χ4n) is 2.48. The Labute approximate surface area is 108 Å². The molecule has 2 rings (SSSR count). The number of benzene rings is 1. The van der Waals surface area contributed by atoms with Crippen molar-refractivity contribution in [2.75, 3.05) is 25.1 Å². The molecule has 1 aliphatic rings. The van der Waals surface area contributed by atoms with Crippen LogP contribution in [0.3, 0.4) is 0 Å². The van der Waals surface area contributed by atoms with Gasteiger partial charge >= 0.3 is 5.97 Å². The van der Waals surface area contributed by atoms with Gasteiger partial charge in [0.15, 0.2) is 0 Å². The molecular weight excluding hydrogens is 228 g/mol. The number of nitrogens with two attached hydrogens (primary N) is 1. The van der Waals surface area contributed by atoms with E-state index in [9.17, 15) is 4.79 Å². The number of para-hydroxylation sites is 1. The monoisotopic (exact) mass is 248 g/mol. The molecule has 1 heterocycles. The van der Waals surface area contributed by atoms with Crippen LogP contribution >= 0.6 is 0 Å². The highest BCUT2D eigenvalue weighted by molar-refractivity contribution is 5.75. The molecule has 0 spiro atoms. The van der Waals surface area contributed by atoms with Crippen LogP contribution in [-0.2, 0) is 9.53 Å². The molecule has 0 radical (unpaired) electrons. The minimum Gasteiger partial charge on any atom is -0.468 e. The first-order valence-corrected chi connectivity index (χ1v) is 6.36. The van der Waals surface area contributed by atoms with Crippen molar-refractivity contribution in [2.24, 2.45) is 11.7 Å². The summed E-state index contributed by atoms with van der Waals surface area (Å²) in [6, 6.07) is 9.85. The van der Waals surface area contributed by atoms with Crippen LogP contribution in [0.15, 0.2) is 30.3 Å². The topological polar surface area (TPSA) is 55.6 Å². The molecule has 0 unspecified atom stereocenters. The molecular formula is C14H20N2O2. The van der Waals surface area contributed by atoms with Crippen LogP contribution in [0.2, 0.25) is 0 Å². The van der Waals surface area contributed by atoms with Gasteiger partial charge in [0.05, 0.1) is 7.11 Å². The number of hydrogen-bond donors (Lipinski definition) is 1. The first kappa shape index (κ1) is 12.9. The minimum atomic E-state index is -0.479. The van der Waals surface area contributed by atoms with Crippen molar-refractivity contribution in [1.29, 1.82) is 0 Å². The van der Waals surface area contributed by atoms with Crippen LogP contribution in [-0.4, -0.2) is 32.2 Å². The van der Waals surface area contributed by atoms with E-state index in [-0.39, 0.29) is 11.9 Å². The second-order valence-corrected chi connectivity index (χ2v) is 4.71. The molecule has 4 heteroatoms. The van der Waals surface area contributed by atoms with Crippen molar-refractivity contribution in [1.82, 2.24) is 0 Å². The molecule has 18 heavy (non-hydrogen) atoms. The standard InChI is InChI=1S/C14H20N2O2/c1-18-14(17)13(15)11-7-9-16(10-8-11)12-5-3-2-4-6-12/h2-6,11,13H,7-10,15H2,1H3/t13-/m0/s1. The fraction of sp³-hybridized carbons (Fsp3) is 0.500. The van der Waals surface area contributed by atoms with Gasteiger partial charge in [0, 0.05) is 18.8 Å². The van der Waals surface area contributed by atoms with Crippen molar-refractivity contribution in [3.63, 3.8) is 0 Å². The highest BCUT2D eigenvalue weighted by Crippen LogP contribution is 2.24. The minimum absolute atomic E-state index is 0.234. The van der Waals surface area contributed by atoms with Crippen molar-refractivity contribution in [2.45, 2.75) is 18.9 Å². The summed E-state index contributed by atoms with van der Waals surface area (Å²) >= 11 is 0. The number of methoxy groups -OCH3 is 1. The third-order valence-electron chi connectivity index (χ3n) is 3.64. The quantitative estimate of drug-likeness (QED) is 0.822. The Morgan fingerprint density at radius 3 is 2.50 bits per heavy atom. The van der Waals surface area contributed by atoms with Crippen LogP contribution in [0.5, 0.6) is 0 Å². The molecule has 1 atom stereocenters. The average molecular weight is 248 g/mol. The molecule has 0 aliphatic carbocycles. The van der Waals surface area contributed by atoms with Crippen molar-refractivity contribution < 1.29 is 9.53 Å². The van der Waals surface area contributed by atoms with Crippen molar-refractivity contribution in [3.8, 4) is 0 Å². The van der Waals surface area contributed by atoms with Gasteiger partial charge in [-0.15, -0.1) is 0 Å². The van der Waals surface area contributed by atoms with E-state index in [4.69, 9.17) is 10.5 Å². The molecule has 1 aromatic carbocycles. The first-order chi connectivity index (χ1) is 8.72. The SMILES string of the molecule is COC(=O)[C@@H](N)C1CCN(c2ccccc2)CC1. The van der Waals surface area contributed by atoms with E-state index < -0.39 is 6.04 Å². The Hall–Kier alpha value is -1.55. The zero-order valence-electron chi connectivity index (χ0n) is 10.7. The summed E-state index contributed by atoms with van der Waals surface area (Å²) in [6.07, 6.45) is 1.87. The Morgan fingerprint density at radius 2 is 1.94 bits per heavy atom. The lowest BCUT2D eigenvalue weighted by atomic mass is 9.89. The number of ether oxygens (including phenoxy) is 1. The third-order valence-corrected chi connectivity index (χ3v) is 3.64. The van der Waals surface area contributed by atoms with Gasteiger partial charge in [-0.3, -0.25) is 4.79 Å². The van der Waals surface area contributed by atoms with E-state index in [1.807, 2.05) is 18.2 Å². The van der Waals surface area contributed by atoms with E-state index in [2.05, 4.69) is 17.0 Å². The maximum Gasteiger partial charge on any atom is 0.322 e. The number of anilines is 1. The van der Waals surface area contributed by atoms with E-state index >= 15 is 0 Å². The summed E-state index contributed by atoms with van der Waals surface area (Å²) in [4.78, 5) is 13.7. The Morgan fingerprint density at radius 1 is 1.33 bits per heavy atom. The maximum atomic E-state index is 11.4. The van der Waals surface area contributed by atoms with Crippen molar-refractivity contribution in [3.05, 3.63) is 30.3 Å². The normalized spacial score (nSPS) is 18.4. The largest absolute Gasteiger partial charge is 0.468 e. The highest BCUT2D eigenvalue weighted by atomic mass is 16.5. The van der Waals surface area contributed by atoms with Gasteiger partial charge in [0.2, 0.25) is 0 Å². The summed E-state index contributed by atoms with van der Waals surface area (Å²) in [6.45, 7) is 1.89. The zero-order valence-corrected chi connectivity index (χ0v) is 10.7. The maximum absolute atomic E-state index is 11.4. The van der Waals surface area contributed by atoms with Crippen LogP contribution in [0.4, 0.5) is 5.69 Å². The summed E-state index contributed by atoms with van der Waals surface area (Å²) in [5.74, 6) is -0.0643. The van der Waals surface area contributed by atoms with E-state index in [0.717, 1.165) is 25.9 Å². The molecule has 2 N–H and O–H groups in total. The van der Waals surface area contributed by atoms with Gasteiger partial charge in [0.1, 0.15) is 6.04 Å². The molecule has 0 amide bonds. The Balaban J connectivity index is 1.90.